The van der Waals surface area contributed by atoms with Crippen LogP contribution >= 0.6 is 0 Å². The Morgan fingerprint density at radius 2 is 1.81 bits per heavy atom. The highest BCUT2D eigenvalue weighted by molar-refractivity contribution is 5.75. The maximum atomic E-state index is 13.3. The van der Waals surface area contributed by atoms with Crippen LogP contribution in [0.25, 0.3) is 0 Å². The molecule has 0 saturated carbocycles. The molecule has 9 heteroatoms. The standard InChI is InChI=1S/C17H29F4NO4/c1-16(2,3)15(23)26-13(11-22-5-8-24-9-6-22)12-25-7-4-17(20,21)10-14(18)19/h13-14H,4-12H2,1-3H3. The third kappa shape index (κ3) is 9.68. The highest BCUT2D eigenvalue weighted by atomic mass is 19.3. The third-order valence-corrected chi connectivity index (χ3v) is 3.82. The summed E-state index contributed by atoms with van der Waals surface area (Å²) < 4.78 is 66.6. The van der Waals surface area contributed by atoms with Crippen molar-refractivity contribution >= 4 is 5.97 Å². The molecule has 1 heterocycles. The Morgan fingerprint density at radius 3 is 2.35 bits per heavy atom. The molecular formula is C17H29F4NO4. The average molecular weight is 387 g/mol. The third-order valence-electron chi connectivity index (χ3n) is 3.82. The van der Waals surface area contributed by atoms with Gasteiger partial charge in [0.25, 0.3) is 5.92 Å². The Bertz CT molecular complexity index is 423. The number of esters is 1. The molecule has 1 atom stereocenters. The Hall–Kier alpha value is -0.930. The van der Waals surface area contributed by atoms with Gasteiger partial charge >= 0.3 is 5.97 Å². The monoisotopic (exact) mass is 387 g/mol. The van der Waals surface area contributed by atoms with Crippen molar-refractivity contribution in [2.24, 2.45) is 5.41 Å². The van der Waals surface area contributed by atoms with Gasteiger partial charge in [-0.1, -0.05) is 0 Å². The number of ether oxygens (including phenoxy) is 3. The fraction of sp³-hybridized carbons (Fsp3) is 0.941. The summed E-state index contributed by atoms with van der Waals surface area (Å²) in [5, 5.41) is 0. The zero-order valence-corrected chi connectivity index (χ0v) is 15.6. The second-order valence-corrected chi connectivity index (χ2v) is 7.47. The van der Waals surface area contributed by atoms with Crippen molar-refractivity contribution < 1.29 is 36.6 Å². The van der Waals surface area contributed by atoms with Crippen molar-refractivity contribution in [2.45, 2.75) is 52.1 Å². The van der Waals surface area contributed by atoms with Crippen molar-refractivity contribution in [2.75, 3.05) is 46.1 Å². The first-order valence-corrected chi connectivity index (χ1v) is 8.74. The van der Waals surface area contributed by atoms with Crippen LogP contribution in [-0.4, -0.2) is 75.4 Å². The molecule has 0 aromatic heterocycles. The molecule has 1 saturated heterocycles. The van der Waals surface area contributed by atoms with Gasteiger partial charge in [-0.2, -0.15) is 0 Å². The smallest absolute Gasteiger partial charge is 0.311 e. The molecule has 0 bridgehead atoms. The van der Waals surface area contributed by atoms with E-state index < -0.39 is 42.7 Å². The van der Waals surface area contributed by atoms with Gasteiger partial charge in [0.15, 0.2) is 0 Å². The van der Waals surface area contributed by atoms with Crippen LogP contribution in [0.2, 0.25) is 0 Å². The van der Waals surface area contributed by atoms with Crippen LogP contribution in [0.3, 0.4) is 0 Å². The molecule has 154 valence electrons. The lowest BCUT2D eigenvalue weighted by atomic mass is 9.97. The lowest BCUT2D eigenvalue weighted by molar-refractivity contribution is -0.164. The molecule has 0 amide bonds. The summed E-state index contributed by atoms with van der Waals surface area (Å²) in [7, 11) is 0. The molecule has 0 N–H and O–H groups in total. The second-order valence-electron chi connectivity index (χ2n) is 7.47. The zero-order chi connectivity index (χ0) is 19.8. The number of rotatable bonds is 10. The van der Waals surface area contributed by atoms with Gasteiger partial charge in [-0.25, -0.2) is 17.6 Å². The average Bonchev–Trinajstić information content (AvgIpc) is 2.50. The van der Waals surface area contributed by atoms with Crippen LogP contribution < -0.4 is 0 Å². The molecule has 1 rings (SSSR count). The summed E-state index contributed by atoms with van der Waals surface area (Å²) in [6.45, 7) is 7.59. The maximum absolute atomic E-state index is 13.3. The van der Waals surface area contributed by atoms with E-state index in [0.29, 0.717) is 32.8 Å². The summed E-state index contributed by atoms with van der Waals surface area (Å²) >= 11 is 0. The number of hydrogen-bond donors (Lipinski definition) is 0. The van der Waals surface area contributed by atoms with Crippen LogP contribution in [0.5, 0.6) is 0 Å². The van der Waals surface area contributed by atoms with Crippen molar-refractivity contribution in [3.05, 3.63) is 0 Å². The van der Waals surface area contributed by atoms with E-state index >= 15 is 0 Å². The Balaban J connectivity index is 2.48. The van der Waals surface area contributed by atoms with Gasteiger partial charge in [-0.3, -0.25) is 9.69 Å². The molecule has 26 heavy (non-hydrogen) atoms. The summed E-state index contributed by atoms with van der Waals surface area (Å²) in [5.41, 5.74) is -0.701. The summed E-state index contributed by atoms with van der Waals surface area (Å²) in [6, 6.07) is 0. The minimum Gasteiger partial charge on any atom is -0.458 e. The summed E-state index contributed by atoms with van der Waals surface area (Å²) in [5.74, 6) is -3.89. The molecule has 1 aliphatic rings. The van der Waals surface area contributed by atoms with Gasteiger partial charge in [-0.15, -0.1) is 0 Å². The molecule has 0 radical (unpaired) electrons. The Kier molecular flexibility index (Phi) is 9.26. The number of nitrogens with zero attached hydrogens (tertiary/aromatic N) is 1. The molecule has 0 aromatic carbocycles. The first-order valence-electron chi connectivity index (χ1n) is 8.74. The van der Waals surface area contributed by atoms with Crippen LogP contribution in [0, 0.1) is 5.41 Å². The SMILES string of the molecule is CC(C)(C)C(=O)OC(COCCC(F)(F)CC(F)F)CN1CCOCC1. The van der Waals surface area contributed by atoms with Crippen LogP contribution in [-0.2, 0) is 19.0 Å². The van der Waals surface area contributed by atoms with E-state index in [-0.39, 0.29) is 13.2 Å². The summed E-state index contributed by atoms with van der Waals surface area (Å²) in [6.07, 6.45) is -5.96. The molecule has 0 aliphatic carbocycles. The van der Waals surface area contributed by atoms with Crippen molar-refractivity contribution in [1.82, 2.24) is 4.90 Å². The number of hydrogen-bond acceptors (Lipinski definition) is 5. The molecule has 1 aliphatic heterocycles. The number of carbonyl (C=O) groups is 1. The fourth-order valence-electron chi connectivity index (χ4n) is 2.29. The minimum atomic E-state index is -3.48. The number of morpholine rings is 1. The van der Waals surface area contributed by atoms with Crippen LogP contribution in [0.15, 0.2) is 0 Å². The van der Waals surface area contributed by atoms with Crippen molar-refractivity contribution in [1.29, 1.82) is 0 Å². The quantitative estimate of drug-likeness (QED) is 0.328. The highest BCUT2D eigenvalue weighted by Gasteiger charge is 2.33. The van der Waals surface area contributed by atoms with E-state index in [1.54, 1.807) is 20.8 Å². The van der Waals surface area contributed by atoms with Gasteiger partial charge in [0, 0.05) is 26.1 Å². The maximum Gasteiger partial charge on any atom is 0.311 e. The minimum absolute atomic E-state index is 0.0655. The topological polar surface area (TPSA) is 48.0 Å². The number of halogens is 4. The first-order chi connectivity index (χ1) is 12.0. The van der Waals surface area contributed by atoms with Crippen molar-refractivity contribution in [3.8, 4) is 0 Å². The largest absolute Gasteiger partial charge is 0.458 e. The van der Waals surface area contributed by atoms with Gasteiger partial charge in [0.1, 0.15) is 6.10 Å². The van der Waals surface area contributed by atoms with Gasteiger partial charge < -0.3 is 14.2 Å². The van der Waals surface area contributed by atoms with E-state index in [4.69, 9.17) is 14.2 Å². The second kappa shape index (κ2) is 10.4. The van der Waals surface area contributed by atoms with E-state index in [9.17, 15) is 22.4 Å². The van der Waals surface area contributed by atoms with Gasteiger partial charge in [0.2, 0.25) is 6.43 Å². The van der Waals surface area contributed by atoms with E-state index in [1.165, 1.54) is 0 Å². The fourth-order valence-corrected chi connectivity index (χ4v) is 2.29. The highest BCUT2D eigenvalue weighted by Crippen LogP contribution is 2.26. The summed E-state index contributed by atoms with van der Waals surface area (Å²) in [4.78, 5) is 14.1. The van der Waals surface area contributed by atoms with E-state index in [1.807, 2.05) is 4.90 Å². The van der Waals surface area contributed by atoms with E-state index in [2.05, 4.69) is 0 Å². The van der Waals surface area contributed by atoms with E-state index in [0.717, 1.165) is 0 Å². The molecule has 0 aromatic rings. The lowest BCUT2D eigenvalue weighted by Crippen LogP contribution is -2.44. The molecule has 1 unspecified atom stereocenters. The van der Waals surface area contributed by atoms with Gasteiger partial charge in [-0.05, 0) is 20.8 Å². The zero-order valence-electron chi connectivity index (χ0n) is 15.6. The normalized spacial score (nSPS) is 18.2. The number of carbonyl (C=O) groups excluding carboxylic acids is 1. The molecular weight excluding hydrogens is 358 g/mol. The lowest BCUT2D eigenvalue weighted by Gasteiger charge is -2.31. The van der Waals surface area contributed by atoms with Gasteiger partial charge in [0.05, 0.1) is 38.3 Å². The predicted octanol–water partition coefficient (Wildman–Crippen LogP) is 2.97. The van der Waals surface area contributed by atoms with Crippen LogP contribution in [0.4, 0.5) is 17.6 Å². The Labute approximate surface area is 151 Å². The predicted molar refractivity (Wildman–Crippen MR) is 87.6 cm³/mol. The Morgan fingerprint density at radius 1 is 1.19 bits per heavy atom. The van der Waals surface area contributed by atoms with Crippen molar-refractivity contribution in [3.63, 3.8) is 0 Å². The molecule has 5 nitrogen and oxygen atoms in total. The number of alkyl halides is 4. The molecule has 1 fully saturated rings. The molecule has 0 spiro atoms. The van der Waals surface area contributed by atoms with Crippen LogP contribution in [0.1, 0.15) is 33.6 Å². The first kappa shape index (κ1) is 23.1.